The Morgan fingerprint density at radius 1 is 1.13 bits per heavy atom. The highest BCUT2D eigenvalue weighted by molar-refractivity contribution is 6.05. The fraction of sp³-hybridized carbons (Fsp3) is 0.565. The molecule has 31 heavy (non-hydrogen) atoms. The first-order valence-corrected chi connectivity index (χ1v) is 11.2. The molecule has 0 spiro atoms. The third kappa shape index (κ3) is 5.31. The van der Waals surface area contributed by atoms with E-state index in [1.165, 1.54) is 0 Å². The average Bonchev–Trinajstić information content (AvgIpc) is 2.79. The van der Waals surface area contributed by atoms with E-state index in [1.54, 1.807) is 19.2 Å². The van der Waals surface area contributed by atoms with Gasteiger partial charge in [-0.2, -0.15) is 0 Å². The van der Waals surface area contributed by atoms with Gasteiger partial charge < -0.3 is 20.6 Å². The molecule has 1 aliphatic carbocycles. The monoisotopic (exact) mass is 425 g/mol. The van der Waals surface area contributed by atoms with Crippen molar-refractivity contribution in [1.29, 1.82) is 0 Å². The molecule has 1 saturated carbocycles. The summed E-state index contributed by atoms with van der Waals surface area (Å²) >= 11 is 0. The number of anilines is 1. The molecule has 4 rings (SSSR count). The van der Waals surface area contributed by atoms with Crippen molar-refractivity contribution in [1.82, 2.24) is 20.2 Å². The minimum absolute atomic E-state index is 0.117. The zero-order chi connectivity index (χ0) is 21.8. The molecular weight excluding hydrogens is 394 g/mol. The maximum atomic E-state index is 12.9. The number of piperidine rings is 1. The van der Waals surface area contributed by atoms with Gasteiger partial charge in [0.2, 0.25) is 11.9 Å². The van der Waals surface area contributed by atoms with Crippen molar-refractivity contribution in [3.63, 3.8) is 0 Å². The van der Waals surface area contributed by atoms with Crippen molar-refractivity contribution >= 4 is 28.7 Å². The SMILES string of the molecule is CC(=O)N1CCC(CNC(=O)c2cccc3cnc(NC4CCC(O)CC4)nc23)CC1. The van der Waals surface area contributed by atoms with Gasteiger partial charge in [0.05, 0.1) is 17.2 Å². The first-order chi connectivity index (χ1) is 15.0. The number of carbonyl (C=O) groups excluding carboxylic acids is 2. The van der Waals surface area contributed by atoms with E-state index in [9.17, 15) is 14.7 Å². The number of carbonyl (C=O) groups is 2. The summed E-state index contributed by atoms with van der Waals surface area (Å²) in [6.07, 6.45) is 6.68. The van der Waals surface area contributed by atoms with Crippen LogP contribution < -0.4 is 10.6 Å². The number of hydrogen-bond donors (Lipinski definition) is 3. The maximum Gasteiger partial charge on any atom is 0.253 e. The molecule has 1 saturated heterocycles. The van der Waals surface area contributed by atoms with E-state index in [0.717, 1.165) is 57.0 Å². The summed E-state index contributed by atoms with van der Waals surface area (Å²) < 4.78 is 0. The van der Waals surface area contributed by atoms with Crippen LogP contribution in [0.15, 0.2) is 24.4 Å². The molecule has 2 fully saturated rings. The predicted molar refractivity (Wildman–Crippen MR) is 119 cm³/mol. The van der Waals surface area contributed by atoms with Crippen LogP contribution >= 0.6 is 0 Å². The maximum absolute atomic E-state index is 12.9. The molecule has 0 bridgehead atoms. The summed E-state index contributed by atoms with van der Waals surface area (Å²) in [7, 11) is 0. The van der Waals surface area contributed by atoms with Crippen LogP contribution in [0.25, 0.3) is 10.9 Å². The fourth-order valence-corrected chi connectivity index (χ4v) is 4.50. The van der Waals surface area contributed by atoms with Gasteiger partial charge >= 0.3 is 0 Å². The molecule has 2 heterocycles. The molecule has 2 aliphatic rings. The highest BCUT2D eigenvalue weighted by atomic mass is 16.3. The highest BCUT2D eigenvalue weighted by Crippen LogP contribution is 2.23. The van der Waals surface area contributed by atoms with Crippen LogP contribution in [-0.4, -0.2) is 63.6 Å². The Labute approximate surface area is 182 Å². The van der Waals surface area contributed by atoms with E-state index >= 15 is 0 Å². The number of nitrogens with zero attached hydrogens (tertiary/aromatic N) is 3. The number of aromatic nitrogens is 2. The molecule has 1 aliphatic heterocycles. The Bertz CT molecular complexity index is 934. The average molecular weight is 426 g/mol. The van der Waals surface area contributed by atoms with Gasteiger partial charge in [-0.05, 0) is 50.5 Å². The number of aliphatic hydroxyl groups excluding tert-OH is 1. The number of nitrogens with one attached hydrogen (secondary N) is 2. The van der Waals surface area contributed by atoms with Gasteiger partial charge in [-0.1, -0.05) is 12.1 Å². The Kier molecular flexibility index (Phi) is 6.65. The van der Waals surface area contributed by atoms with Crippen LogP contribution in [0.5, 0.6) is 0 Å². The summed E-state index contributed by atoms with van der Waals surface area (Å²) in [5.74, 6) is 0.880. The minimum Gasteiger partial charge on any atom is -0.393 e. The van der Waals surface area contributed by atoms with E-state index < -0.39 is 0 Å². The third-order valence-corrected chi connectivity index (χ3v) is 6.50. The first kappa shape index (κ1) is 21.5. The molecule has 8 nitrogen and oxygen atoms in total. The number of likely N-dealkylation sites (tertiary alicyclic amines) is 1. The van der Waals surface area contributed by atoms with Gasteiger partial charge in [0.1, 0.15) is 0 Å². The van der Waals surface area contributed by atoms with Gasteiger partial charge in [-0.15, -0.1) is 0 Å². The molecule has 1 aromatic heterocycles. The smallest absolute Gasteiger partial charge is 0.253 e. The lowest BCUT2D eigenvalue weighted by Gasteiger charge is -2.31. The normalized spacial score (nSPS) is 22.3. The first-order valence-electron chi connectivity index (χ1n) is 11.2. The van der Waals surface area contributed by atoms with Crippen molar-refractivity contribution in [3.8, 4) is 0 Å². The molecule has 2 amide bonds. The number of hydrogen-bond acceptors (Lipinski definition) is 6. The van der Waals surface area contributed by atoms with Crippen molar-refractivity contribution in [3.05, 3.63) is 30.0 Å². The summed E-state index contributed by atoms with van der Waals surface area (Å²) in [5.41, 5.74) is 1.18. The quantitative estimate of drug-likeness (QED) is 0.679. The number of aliphatic hydroxyl groups is 1. The van der Waals surface area contributed by atoms with E-state index in [2.05, 4.69) is 20.6 Å². The van der Waals surface area contributed by atoms with E-state index in [1.807, 2.05) is 17.0 Å². The van der Waals surface area contributed by atoms with E-state index in [0.29, 0.717) is 29.5 Å². The lowest BCUT2D eigenvalue weighted by atomic mass is 9.93. The molecule has 0 atom stereocenters. The summed E-state index contributed by atoms with van der Waals surface area (Å²) in [4.78, 5) is 35.3. The zero-order valence-corrected chi connectivity index (χ0v) is 18.0. The number of fused-ring (bicyclic) bond motifs is 1. The number of amides is 2. The third-order valence-electron chi connectivity index (χ3n) is 6.50. The molecule has 0 radical (unpaired) electrons. The molecule has 8 heteroatoms. The number of para-hydroxylation sites is 1. The molecular formula is C23H31N5O3. The Morgan fingerprint density at radius 2 is 1.87 bits per heavy atom. The van der Waals surface area contributed by atoms with Crippen LogP contribution in [0.2, 0.25) is 0 Å². The van der Waals surface area contributed by atoms with Crippen molar-refractivity contribution in [2.45, 2.75) is 57.6 Å². The fourth-order valence-electron chi connectivity index (χ4n) is 4.50. The summed E-state index contributed by atoms with van der Waals surface area (Å²) in [5, 5.41) is 16.9. The van der Waals surface area contributed by atoms with Gasteiger partial charge in [0, 0.05) is 44.2 Å². The minimum atomic E-state index is -0.208. The highest BCUT2D eigenvalue weighted by Gasteiger charge is 2.22. The predicted octanol–water partition coefficient (Wildman–Crippen LogP) is 2.33. The zero-order valence-electron chi connectivity index (χ0n) is 18.0. The standard InChI is InChI=1S/C23H31N5O3/c1-15(29)28-11-9-16(10-12-28)13-24-22(31)20-4-2-3-17-14-25-23(27-21(17)20)26-18-5-7-19(30)8-6-18/h2-4,14,16,18-19,30H,5-13H2,1H3,(H,24,31)(H,25,26,27). The van der Waals surface area contributed by atoms with Crippen molar-refractivity contribution < 1.29 is 14.7 Å². The second-order valence-corrected chi connectivity index (χ2v) is 8.75. The second-order valence-electron chi connectivity index (χ2n) is 8.75. The lowest BCUT2D eigenvalue weighted by molar-refractivity contribution is -0.130. The van der Waals surface area contributed by atoms with E-state index in [4.69, 9.17) is 0 Å². The summed E-state index contributed by atoms with van der Waals surface area (Å²) in [6, 6.07) is 5.79. The Morgan fingerprint density at radius 3 is 2.58 bits per heavy atom. The molecule has 1 aromatic carbocycles. The second kappa shape index (κ2) is 9.60. The van der Waals surface area contributed by atoms with Gasteiger partial charge in [0.25, 0.3) is 5.91 Å². The van der Waals surface area contributed by atoms with E-state index in [-0.39, 0.29) is 24.0 Å². The van der Waals surface area contributed by atoms with Gasteiger partial charge in [0.15, 0.2) is 0 Å². The van der Waals surface area contributed by atoms with Crippen LogP contribution in [0.3, 0.4) is 0 Å². The van der Waals surface area contributed by atoms with Crippen LogP contribution in [0, 0.1) is 5.92 Å². The number of benzene rings is 1. The van der Waals surface area contributed by atoms with Crippen LogP contribution in [0.4, 0.5) is 5.95 Å². The largest absolute Gasteiger partial charge is 0.393 e. The topological polar surface area (TPSA) is 107 Å². The van der Waals surface area contributed by atoms with Crippen molar-refractivity contribution in [2.24, 2.45) is 5.92 Å². The lowest BCUT2D eigenvalue weighted by Crippen LogP contribution is -2.40. The Balaban J connectivity index is 1.40. The molecule has 3 N–H and O–H groups in total. The van der Waals surface area contributed by atoms with Gasteiger partial charge in [-0.3, -0.25) is 9.59 Å². The van der Waals surface area contributed by atoms with Crippen LogP contribution in [-0.2, 0) is 4.79 Å². The summed E-state index contributed by atoms with van der Waals surface area (Å²) in [6.45, 7) is 3.71. The van der Waals surface area contributed by atoms with Crippen molar-refractivity contribution in [2.75, 3.05) is 25.0 Å². The Hall–Kier alpha value is -2.74. The molecule has 2 aromatic rings. The molecule has 0 unspecified atom stereocenters. The van der Waals surface area contributed by atoms with Crippen LogP contribution in [0.1, 0.15) is 55.8 Å². The molecule has 166 valence electrons. The number of rotatable bonds is 5. The van der Waals surface area contributed by atoms with Gasteiger partial charge in [-0.25, -0.2) is 9.97 Å².